The van der Waals surface area contributed by atoms with Crippen LogP contribution in [-0.4, -0.2) is 60.0 Å². The number of rotatable bonds is 8. The predicted molar refractivity (Wildman–Crippen MR) is 120 cm³/mol. The van der Waals surface area contributed by atoms with Crippen LogP contribution in [0.2, 0.25) is 0 Å². The molecule has 33 heavy (non-hydrogen) atoms. The van der Waals surface area contributed by atoms with Crippen molar-refractivity contribution in [3.8, 4) is 28.5 Å². The summed E-state index contributed by atoms with van der Waals surface area (Å²) in [6.45, 7) is -0.241. The highest BCUT2D eigenvalue weighted by Gasteiger charge is 2.16. The second kappa shape index (κ2) is 9.35. The lowest BCUT2D eigenvalue weighted by Gasteiger charge is -2.11. The molecule has 0 aliphatic heterocycles. The van der Waals surface area contributed by atoms with Gasteiger partial charge in [-0.3, -0.25) is 14.7 Å². The number of aromatic nitrogens is 4. The van der Waals surface area contributed by atoms with Crippen LogP contribution in [0.3, 0.4) is 0 Å². The number of ketones is 1. The Kier molecular flexibility index (Phi) is 6.16. The third-order valence-corrected chi connectivity index (χ3v) is 5.00. The molecule has 0 radical (unpaired) electrons. The minimum Gasteiger partial charge on any atom is -0.497 e. The van der Waals surface area contributed by atoms with E-state index in [4.69, 9.17) is 14.2 Å². The maximum absolute atomic E-state index is 12.8. The normalized spacial score (nSPS) is 10.6. The minimum atomic E-state index is -0.427. The number of carbonyl (C=O) groups is 2. The Morgan fingerprint density at radius 3 is 2.52 bits per heavy atom. The Bertz CT molecular complexity index is 1330. The van der Waals surface area contributed by atoms with Crippen LogP contribution in [-0.2, 0) is 0 Å². The lowest BCUT2D eigenvalue weighted by atomic mass is 10.1. The highest BCUT2D eigenvalue weighted by atomic mass is 16.5. The van der Waals surface area contributed by atoms with E-state index in [0.29, 0.717) is 34.0 Å². The molecule has 2 aromatic heterocycles. The van der Waals surface area contributed by atoms with Gasteiger partial charge in [0.2, 0.25) is 0 Å². The van der Waals surface area contributed by atoms with E-state index in [1.807, 2.05) is 18.2 Å². The molecule has 2 N–H and O–H groups in total. The predicted octanol–water partition coefficient (Wildman–Crippen LogP) is 2.66. The fraction of sp³-hybridized carbons (Fsp3) is 0.174. The van der Waals surface area contributed by atoms with Gasteiger partial charge in [0.1, 0.15) is 17.0 Å². The molecule has 2 aromatic carbocycles. The Labute approximate surface area is 188 Å². The van der Waals surface area contributed by atoms with Crippen molar-refractivity contribution >= 4 is 22.7 Å². The fourth-order valence-electron chi connectivity index (χ4n) is 3.25. The van der Waals surface area contributed by atoms with E-state index in [0.717, 1.165) is 11.1 Å². The van der Waals surface area contributed by atoms with Crippen LogP contribution >= 0.6 is 0 Å². The maximum Gasteiger partial charge on any atom is 0.251 e. The first-order chi connectivity index (χ1) is 16.0. The number of H-pyrrole nitrogens is 1. The first-order valence-corrected chi connectivity index (χ1v) is 9.93. The van der Waals surface area contributed by atoms with E-state index < -0.39 is 5.91 Å². The van der Waals surface area contributed by atoms with E-state index >= 15 is 0 Å². The second-order valence-electron chi connectivity index (χ2n) is 7.00. The topological polar surface area (TPSA) is 128 Å². The largest absolute Gasteiger partial charge is 0.497 e. The summed E-state index contributed by atoms with van der Waals surface area (Å²) in [6.07, 6.45) is 0. The van der Waals surface area contributed by atoms with Gasteiger partial charge in [-0.05, 0) is 30.3 Å². The summed E-state index contributed by atoms with van der Waals surface area (Å²) in [6, 6.07) is 13.5. The standard InChI is InChI=1S/C23H21N5O5/c1-31-15-10-17(13-4-6-16-18(8-13)27-28-26-16)25-19(11-15)20(29)12-24-23(30)14-5-7-21(32-2)22(9-14)33-3/h4-11H,12H2,1-3H3,(H,24,30)(H,26,27,28). The van der Waals surface area contributed by atoms with Gasteiger partial charge in [-0.25, -0.2) is 4.98 Å². The highest BCUT2D eigenvalue weighted by Crippen LogP contribution is 2.28. The van der Waals surface area contributed by atoms with E-state index in [1.54, 1.807) is 24.3 Å². The fourth-order valence-corrected chi connectivity index (χ4v) is 3.25. The molecule has 0 fully saturated rings. The Morgan fingerprint density at radius 2 is 1.76 bits per heavy atom. The van der Waals surface area contributed by atoms with Gasteiger partial charge in [0.15, 0.2) is 17.3 Å². The van der Waals surface area contributed by atoms with Gasteiger partial charge in [-0.2, -0.15) is 0 Å². The Balaban J connectivity index is 1.53. The molecule has 0 atom stereocenters. The number of nitrogens with one attached hydrogen (secondary N) is 2. The number of Topliss-reactive ketones (excluding diaryl/α,β-unsaturated/α-hetero) is 1. The molecule has 4 aromatic rings. The molecule has 4 rings (SSSR count). The van der Waals surface area contributed by atoms with Crippen molar-refractivity contribution in [1.82, 2.24) is 25.7 Å². The molecule has 10 heteroatoms. The molecular weight excluding hydrogens is 426 g/mol. The summed E-state index contributed by atoms with van der Waals surface area (Å²) < 4.78 is 15.7. The number of pyridine rings is 1. The van der Waals surface area contributed by atoms with Gasteiger partial charge >= 0.3 is 0 Å². The quantitative estimate of drug-likeness (QED) is 0.395. The molecule has 0 saturated heterocycles. The molecule has 2 heterocycles. The average molecular weight is 447 g/mol. The van der Waals surface area contributed by atoms with Crippen LogP contribution in [0, 0.1) is 0 Å². The van der Waals surface area contributed by atoms with Crippen molar-refractivity contribution in [2.75, 3.05) is 27.9 Å². The van der Waals surface area contributed by atoms with E-state index in [2.05, 4.69) is 25.7 Å². The molecule has 0 aliphatic rings. The minimum absolute atomic E-state index is 0.164. The highest BCUT2D eigenvalue weighted by molar-refractivity contribution is 6.02. The van der Waals surface area contributed by atoms with Crippen molar-refractivity contribution in [1.29, 1.82) is 0 Å². The number of amides is 1. The van der Waals surface area contributed by atoms with Gasteiger partial charge < -0.3 is 19.5 Å². The van der Waals surface area contributed by atoms with Gasteiger partial charge in [-0.1, -0.05) is 11.3 Å². The SMILES string of the molecule is COc1cc(C(=O)CNC(=O)c2ccc(OC)c(OC)c2)nc(-c2ccc3[nH]nnc3c2)c1. The van der Waals surface area contributed by atoms with Crippen LogP contribution in [0.4, 0.5) is 0 Å². The summed E-state index contributed by atoms with van der Waals surface area (Å²) >= 11 is 0. The van der Waals surface area contributed by atoms with Gasteiger partial charge in [0, 0.05) is 23.3 Å². The molecule has 0 unspecified atom stereocenters. The number of fused-ring (bicyclic) bond motifs is 1. The zero-order valence-electron chi connectivity index (χ0n) is 18.2. The second-order valence-corrected chi connectivity index (χ2v) is 7.00. The summed E-state index contributed by atoms with van der Waals surface area (Å²) in [4.78, 5) is 29.8. The van der Waals surface area contributed by atoms with E-state index in [9.17, 15) is 9.59 Å². The van der Waals surface area contributed by atoms with Crippen molar-refractivity contribution in [3.63, 3.8) is 0 Å². The molecule has 10 nitrogen and oxygen atoms in total. The third-order valence-electron chi connectivity index (χ3n) is 5.00. The zero-order valence-corrected chi connectivity index (χ0v) is 18.2. The molecule has 0 bridgehead atoms. The monoisotopic (exact) mass is 447 g/mol. The maximum atomic E-state index is 12.8. The number of benzene rings is 2. The number of methoxy groups -OCH3 is 3. The van der Waals surface area contributed by atoms with E-state index in [1.165, 1.54) is 27.4 Å². The first kappa shape index (κ1) is 21.8. The number of hydrogen-bond acceptors (Lipinski definition) is 8. The summed E-state index contributed by atoms with van der Waals surface area (Å²) in [5.41, 5.74) is 3.24. The molecule has 1 amide bonds. The lowest BCUT2D eigenvalue weighted by Crippen LogP contribution is -2.30. The van der Waals surface area contributed by atoms with Crippen molar-refractivity contribution in [2.24, 2.45) is 0 Å². The number of carbonyl (C=O) groups excluding carboxylic acids is 2. The van der Waals surface area contributed by atoms with Crippen LogP contribution < -0.4 is 19.5 Å². The average Bonchev–Trinajstić information content (AvgIpc) is 3.34. The number of aromatic amines is 1. The number of nitrogens with zero attached hydrogens (tertiary/aromatic N) is 3. The molecule has 0 aliphatic carbocycles. The van der Waals surface area contributed by atoms with Gasteiger partial charge in [0.05, 0.1) is 39.1 Å². The Morgan fingerprint density at radius 1 is 0.939 bits per heavy atom. The molecular formula is C23H21N5O5. The molecule has 0 saturated carbocycles. The zero-order chi connectivity index (χ0) is 23.4. The third kappa shape index (κ3) is 4.59. The Hall–Kier alpha value is -4.47. The van der Waals surface area contributed by atoms with Crippen LogP contribution in [0.15, 0.2) is 48.5 Å². The van der Waals surface area contributed by atoms with E-state index in [-0.39, 0.29) is 18.0 Å². The first-order valence-electron chi connectivity index (χ1n) is 9.93. The summed E-state index contributed by atoms with van der Waals surface area (Å²) in [5.74, 6) is 0.590. The molecule has 0 spiro atoms. The van der Waals surface area contributed by atoms with Gasteiger partial charge in [0.25, 0.3) is 5.91 Å². The van der Waals surface area contributed by atoms with Crippen LogP contribution in [0.1, 0.15) is 20.8 Å². The smallest absolute Gasteiger partial charge is 0.251 e. The number of hydrogen-bond donors (Lipinski definition) is 2. The lowest BCUT2D eigenvalue weighted by molar-refractivity contribution is 0.0902. The number of ether oxygens (including phenoxy) is 3. The van der Waals surface area contributed by atoms with Crippen LogP contribution in [0.25, 0.3) is 22.3 Å². The molecule has 168 valence electrons. The summed E-state index contributed by atoms with van der Waals surface area (Å²) in [5, 5.41) is 13.2. The van der Waals surface area contributed by atoms with Crippen molar-refractivity contribution < 1.29 is 23.8 Å². The van der Waals surface area contributed by atoms with Crippen molar-refractivity contribution in [2.45, 2.75) is 0 Å². The van der Waals surface area contributed by atoms with Gasteiger partial charge in [-0.15, -0.1) is 5.10 Å². The summed E-state index contributed by atoms with van der Waals surface area (Å²) in [7, 11) is 4.50. The van der Waals surface area contributed by atoms with Crippen molar-refractivity contribution in [3.05, 3.63) is 59.8 Å². The van der Waals surface area contributed by atoms with Crippen LogP contribution in [0.5, 0.6) is 17.2 Å².